The number of carbonyl (C=O) groups is 3. The highest BCUT2D eigenvalue weighted by Crippen LogP contribution is 1.93. The Morgan fingerprint density at radius 2 is 2.00 bits per heavy atom. The molecule has 0 aromatic heterocycles. The molecule has 1 aliphatic rings. The van der Waals surface area contributed by atoms with Crippen LogP contribution in [0.15, 0.2) is 0 Å². The van der Waals surface area contributed by atoms with Gasteiger partial charge in [0.15, 0.2) is 0 Å². The predicted molar refractivity (Wildman–Crippen MR) is 52.4 cm³/mol. The smallest absolute Gasteiger partial charge is 0.313 e. The minimum absolute atomic E-state index is 0.409. The Hall–Kier alpha value is -0.810. The van der Waals surface area contributed by atoms with E-state index in [9.17, 15) is 9.59 Å². The van der Waals surface area contributed by atoms with E-state index in [0.717, 1.165) is 0 Å². The molecule has 14 heavy (non-hydrogen) atoms. The largest absolute Gasteiger partial charge is 0.346 e. The molecular formula is C7H10Cl2N2O3. The first-order valence-electron chi connectivity index (χ1n) is 3.91. The lowest BCUT2D eigenvalue weighted by atomic mass is 10.3. The van der Waals surface area contributed by atoms with Crippen LogP contribution in [-0.2, 0) is 9.59 Å². The summed E-state index contributed by atoms with van der Waals surface area (Å²) in [6, 6.07) is 0. The first-order chi connectivity index (χ1) is 6.49. The van der Waals surface area contributed by atoms with Crippen molar-refractivity contribution in [2.45, 2.75) is 6.92 Å². The molecule has 1 fully saturated rings. The minimum Gasteiger partial charge on any atom is -0.346 e. The number of likely N-dealkylation sites (N-methyl/N-ethyl adjacent to an activating group) is 1. The van der Waals surface area contributed by atoms with E-state index in [1.54, 1.807) is 0 Å². The summed E-state index contributed by atoms with van der Waals surface area (Å²) in [5.41, 5.74) is 0. The van der Waals surface area contributed by atoms with E-state index in [0.29, 0.717) is 19.6 Å². The Bertz CT molecular complexity index is 241. The molecule has 5 nitrogen and oxygen atoms in total. The fourth-order valence-corrected chi connectivity index (χ4v) is 0.927. The van der Waals surface area contributed by atoms with Crippen LogP contribution in [0.4, 0.5) is 4.79 Å². The summed E-state index contributed by atoms with van der Waals surface area (Å²) in [7, 11) is 0. The van der Waals surface area contributed by atoms with Crippen molar-refractivity contribution in [1.29, 1.82) is 0 Å². The minimum atomic E-state index is -0.889. The molecule has 0 aromatic rings. The van der Waals surface area contributed by atoms with Gasteiger partial charge in [-0.1, -0.05) is 0 Å². The first-order valence-corrected chi connectivity index (χ1v) is 4.66. The molecule has 1 aliphatic heterocycles. The second-order valence-electron chi connectivity index (χ2n) is 2.37. The zero-order valence-electron chi connectivity index (χ0n) is 7.55. The van der Waals surface area contributed by atoms with E-state index in [-0.39, 0.29) is 0 Å². The van der Waals surface area contributed by atoms with E-state index in [1.165, 1.54) is 4.90 Å². The van der Waals surface area contributed by atoms with Crippen molar-refractivity contribution in [2.24, 2.45) is 0 Å². The molecule has 0 aliphatic carbocycles. The highest BCUT2D eigenvalue weighted by Gasteiger charge is 2.23. The third-order valence-corrected chi connectivity index (χ3v) is 1.53. The van der Waals surface area contributed by atoms with Gasteiger partial charge in [0.05, 0.1) is 0 Å². The molecule has 0 saturated carbocycles. The lowest BCUT2D eigenvalue weighted by Crippen LogP contribution is -2.51. The molecule has 0 spiro atoms. The van der Waals surface area contributed by atoms with Crippen LogP contribution in [0.2, 0.25) is 0 Å². The van der Waals surface area contributed by atoms with E-state index < -0.39 is 16.5 Å². The van der Waals surface area contributed by atoms with Gasteiger partial charge in [0, 0.05) is 19.6 Å². The van der Waals surface area contributed by atoms with Gasteiger partial charge < -0.3 is 10.2 Å². The van der Waals surface area contributed by atoms with Gasteiger partial charge in [0.1, 0.15) is 0 Å². The highest BCUT2D eigenvalue weighted by atomic mass is 35.5. The Kier molecular flexibility index (Phi) is 6.23. The van der Waals surface area contributed by atoms with Crippen LogP contribution < -0.4 is 5.32 Å². The van der Waals surface area contributed by atoms with E-state index in [2.05, 4.69) is 28.5 Å². The summed E-state index contributed by atoms with van der Waals surface area (Å²) in [6.07, 6.45) is 0. The molecule has 0 atom stereocenters. The average molecular weight is 241 g/mol. The topological polar surface area (TPSA) is 66.5 Å². The number of carbonyl (C=O) groups excluding carboxylic acids is 3. The normalized spacial score (nSPS) is 15.5. The number of rotatable bonds is 1. The summed E-state index contributed by atoms with van der Waals surface area (Å²) in [5, 5.41) is 2.47. The summed E-state index contributed by atoms with van der Waals surface area (Å²) >= 11 is 8.80. The van der Waals surface area contributed by atoms with Crippen molar-refractivity contribution in [3.63, 3.8) is 0 Å². The van der Waals surface area contributed by atoms with E-state index in [4.69, 9.17) is 4.79 Å². The first kappa shape index (κ1) is 13.2. The van der Waals surface area contributed by atoms with Crippen molar-refractivity contribution in [3.8, 4) is 0 Å². The monoisotopic (exact) mass is 240 g/mol. The Labute approximate surface area is 91.3 Å². The second-order valence-corrected chi connectivity index (χ2v) is 3.25. The zero-order chi connectivity index (χ0) is 11.1. The van der Waals surface area contributed by atoms with Gasteiger partial charge in [-0.15, -0.1) is 0 Å². The molecule has 80 valence electrons. The van der Waals surface area contributed by atoms with E-state index >= 15 is 0 Å². The zero-order valence-corrected chi connectivity index (χ0v) is 9.06. The van der Waals surface area contributed by atoms with Crippen LogP contribution >= 0.6 is 23.2 Å². The fraction of sp³-hybridized carbons (Fsp3) is 0.571. The summed E-state index contributed by atoms with van der Waals surface area (Å²) < 4.78 is -0.889. The highest BCUT2D eigenvalue weighted by molar-refractivity contribution is 6.93. The number of hydrogen-bond acceptors (Lipinski definition) is 3. The number of piperazine rings is 1. The van der Waals surface area contributed by atoms with E-state index in [1.807, 2.05) is 6.92 Å². The van der Waals surface area contributed by atoms with Crippen LogP contribution in [0.1, 0.15) is 6.92 Å². The summed E-state index contributed by atoms with van der Waals surface area (Å²) in [4.78, 5) is 32.0. The Balaban J connectivity index is 0.000000364. The Morgan fingerprint density at radius 1 is 1.50 bits per heavy atom. The van der Waals surface area contributed by atoms with Gasteiger partial charge in [0.25, 0.3) is 0 Å². The number of amides is 2. The number of nitrogens with zero attached hydrogens (tertiary/aromatic N) is 1. The SMILES string of the molecule is CCN1CCNC(=O)C1=O.O=C(Cl)Cl. The molecule has 0 aromatic carbocycles. The molecule has 0 unspecified atom stereocenters. The number of nitrogens with one attached hydrogen (secondary N) is 1. The molecule has 7 heteroatoms. The average Bonchev–Trinajstić information content (AvgIpc) is 2.09. The molecule has 1 N–H and O–H groups in total. The molecule has 2 amide bonds. The molecule has 1 saturated heterocycles. The standard InChI is InChI=1S/C6H10N2O2.CCl2O/c1-2-8-4-3-7-5(9)6(8)10;2-1(3)4/h2-4H2,1H3,(H,7,9);. The van der Waals surface area contributed by atoms with Crippen molar-refractivity contribution in [3.05, 3.63) is 0 Å². The lowest BCUT2D eigenvalue weighted by Gasteiger charge is -2.24. The number of hydrogen-bond donors (Lipinski definition) is 1. The maximum atomic E-state index is 10.9. The van der Waals surface area contributed by atoms with Crippen molar-refractivity contribution in [2.75, 3.05) is 19.6 Å². The van der Waals surface area contributed by atoms with Gasteiger partial charge in [0.2, 0.25) is 0 Å². The van der Waals surface area contributed by atoms with Gasteiger partial charge >= 0.3 is 16.5 Å². The van der Waals surface area contributed by atoms with Crippen LogP contribution in [0.3, 0.4) is 0 Å². The summed E-state index contributed by atoms with van der Waals surface area (Å²) in [6.45, 7) is 3.70. The van der Waals surface area contributed by atoms with Crippen molar-refractivity contribution < 1.29 is 14.4 Å². The van der Waals surface area contributed by atoms with Gasteiger partial charge in [-0.2, -0.15) is 0 Å². The number of halogens is 2. The quantitative estimate of drug-likeness (QED) is 0.538. The maximum Gasteiger partial charge on any atom is 0.313 e. The molecule has 0 bridgehead atoms. The van der Waals surface area contributed by atoms with Crippen LogP contribution in [-0.4, -0.2) is 41.1 Å². The molecule has 1 heterocycles. The van der Waals surface area contributed by atoms with Crippen LogP contribution in [0.25, 0.3) is 0 Å². The van der Waals surface area contributed by atoms with Crippen molar-refractivity contribution >= 4 is 39.7 Å². The summed E-state index contributed by atoms with van der Waals surface area (Å²) in [5.74, 6) is -0.887. The maximum absolute atomic E-state index is 10.9. The van der Waals surface area contributed by atoms with Gasteiger partial charge in [-0.3, -0.25) is 14.4 Å². The molecule has 1 rings (SSSR count). The molecule has 0 radical (unpaired) electrons. The third-order valence-electron chi connectivity index (χ3n) is 1.53. The van der Waals surface area contributed by atoms with Crippen LogP contribution in [0.5, 0.6) is 0 Å². The fourth-order valence-electron chi connectivity index (χ4n) is 0.927. The predicted octanol–water partition coefficient (Wildman–Crippen LogP) is 0.549. The van der Waals surface area contributed by atoms with Gasteiger partial charge in [-0.25, -0.2) is 0 Å². The second kappa shape index (κ2) is 6.62. The molecular weight excluding hydrogens is 231 g/mol. The lowest BCUT2D eigenvalue weighted by molar-refractivity contribution is -0.147. The van der Waals surface area contributed by atoms with Crippen molar-refractivity contribution in [1.82, 2.24) is 10.2 Å². The third kappa shape index (κ3) is 5.04. The van der Waals surface area contributed by atoms with Gasteiger partial charge in [-0.05, 0) is 30.1 Å². The van der Waals surface area contributed by atoms with Crippen LogP contribution in [0, 0.1) is 0 Å². The Morgan fingerprint density at radius 3 is 2.36 bits per heavy atom.